The van der Waals surface area contributed by atoms with Crippen molar-refractivity contribution in [2.24, 2.45) is 29.4 Å². The van der Waals surface area contributed by atoms with E-state index < -0.39 is 64.4 Å². The van der Waals surface area contributed by atoms with Crippen molar-refractivity contribution in [1.29, 1.82) is 0 Å². The van der Waals surface area contributed by atoms with E-state index in [4.69, 9.17) is 5.73 Å². The number of Topliss-reactive ketones (excluding diaryl/α,β-unsaturated/α-hetero) is 4. The summed E-state index contributed by atoms with van der Waals surface area (Å²) in [6, 6.07) is 0.252. The van der Waals surface area contributed by atoms with Gasteiger partial charge in [-0.15, -0.1) is 0 Å². The molecule has 43 heavy (non-hydrogen) atoms. The topological polar surface area (TPSA) is 191 Å². The molecule has 0 radical (unpaired) electrons. The minimum Gasteiger partial charge on any atom is -0.507 e. The number of primary amides is 1. The Labute approximate surface area is 249 Å². The number of nitrogens with zero attached hydrogens (tertiary/aromatic N) is 3. The number of rotatable bonds is 6. The molecule has 4 aliphatic rings. The van der Waals surface area contributed by atoms with Crippen LogP contribution in [0.2, 0.25) is 0 Å². The summed E-state index contributed by atoms with van der Waals surface area (Å²) in [5.74, 6) is -11.2. The molecule has 3 fully saturated rings. The van der Waals surface area contributed by atoms with Crippen LogP contribution in [0.5, 0.6) is 5.75 Å². The molecule has 2 unspecified atom stereocenters. The number of ketones is 4. The SMILES string of the molecule is CN(C)c1cc(CNC(=O)[C@@H]2CCCN2C)c(O)c2c1C[C@H]1C[C@H]3[C@@H](N(C)C)C(=O)C(C(N)=O)C(=O)[C@@]3(O)C(=O)C1C2=O. The Hall–Kier alpha value is -3.68. The van der Waals surface area contributed by atoms with E-state index in [-0.39, 0.29) is 48.2 Å². The molecule has 0 spiro atoms. The van der Waals surface area contributed by atoms with Crippen LogP contribution in [0.4, 0.5) is 5.69 Å². The lowest BCUT2D eigenvalue weighted by Crippen LogP contribution is -2.74. The van der Waals surface area contributed by atoms with Gasteiger partial charge in [0.1, 0.15) is 5.75 Å². The van der Waals surface area contributed by atoms with Crippen molar-refractivity contribution >= 4 is 40.6 Å². The van der Waals surface area contributed by atoms with Crippen LogP contribution in [-0.4, -0.2) is 114 Å². The summed E-state index contributed by atoms with van der Waals surface area (Å²) in [7, 11) is 8.50. The second-order valence-electron chi connectivity index (χ2n) is 12.8. The number of fused-ring (bicyclic) bond motifs is 3. The summed E-state index contributed by atoms with van der Waals surface area (Å²) in [5.41, 5.74) is 3.90. The fraction of sp³-hybridized carbons (Fsp3) is 0.600. The van der Waals surface area contributed by atoms with Gasteiger partial charge >= 0.3 is 0 Å². The van der Waals surface area contributed by atoms with Gasteiger partial charge in [0, 0.05) is 37.8 Å². The van der Waals surface area contributed by atoms with Gasteiger partial charge < -0.3 is 26.2 Å². The second kappa shape index (κ2) is 10.8. The van der Waals surface area contributed by atoms with Crippen molar-refractivity contribution < 1.29 is 39.0 Å². The molecule has 13 heteroatoms. The lowest BCUT2D eigenvalue weighted by molar-refractivity contribution is -0.181. The monoisotopic (exact) mass is 597 g/mol. The molecule has 7 atom stereocenters. The molecule has 1 saturated heterocycles. The van der Waals surface area contributed by atoms with Crippen LogP contribution in [0.25, 0.3) is 0 Å². The van der Waals surface area contributed by atoms with Crippen LogP contribution in [0, 0.1) is 23.7 Å². The van der Waals surface area contributed by atoms with Gasteiger partial charge in [0.05, 0.1) is 23.6 Å². The molecule has 1 aliphatic heterocycles. The van der Waals surface area contributed by atoms with Gasteiger partial charge in [-0.3, -0.25) is 38.6 Å². The predicted molar refractivity (Wildman–Crippen MR) is 153 cm³/mol. The number of anilines is 1. The average Bonchev–Trinajstić information content (AvgIpc) is 3.35. The van der Waals surface area contributed by atoms with Crippen LogP contribution in [0.1, 0.15) is 40.7 Å². The van der Waals surface area contributed by atoms with E-state index in [1.165, 1.54) is 4.90 Å². The molecule has 1 aromatic carbocycles. The average molecular weight is 598 g/mol. The highest BCUT2D eigenvalue weighted by Gasteiger charge is 2.69. The number of phenols is 1. The van der Waals surface area contributed by atoms with E-state index >= 15 is 0 Å². The van der Waals surface area contributed by atoms with E-state index in [1.807, 2.05) is 11.9 Å². The fourth-order valence-electron chi connectivity index (χ4n) is 7.78. The summed E-state index contributed by atoms with van der Waals surface area (Å²) >= 11 is 0. The third-order valence-corrected chi connectivity index (χ3v) is 9.87. The summed E-state index contributed by atoms with van der Waals surface area (Å²) in [6.45, 7) is 0.743. The number of hydrogen-bond donors (Lipinski definition) is 4. The molecule has 5 rings (SSSR count). The Morgan fingerprint density at radius 3 is 2.37 bits per heavy atom. The molecule has 0 aromatic heterocycles. The minimum atomic E-state index is -2.78. The summed E-state index contributed by atoms with van der Waals surface area (Å²) < 4.78 is 0. The molecule has 232 valence electrons. The number of likely N-dealkylation sites (N-methyl/N-ethyl adjacent to an activating group) is 2. The maximum Gasteiger partial charge on any atom is 0.237 e. The van der Waals surface area contributed by atoms with Crippen molar-refractivity contribution in [3.63, 3.8) is 0 Å². The molecule has 3 aliphatic carbocycles. The lowest BCUT2D eigenvalue weighted by atomic mass is 9.52. The van der Waals surface area contributed by atoms with E-state index in [0.717, 1.165) is 13.0 Å². The normalized spacial score (nSPS) is 32.3. The van der Waals surface area contributed by atoms with Crippen molar-refractivity contribution in [2.45, 2.75) is 49.9 Å². The van der Waals surface area contributed by atoms with E-state index in [2.05, 4.69) is 5.32 Å². The quantitative estimate of drug-likeness (QED) is 0.283. The molecule has 1 heterocycles. The molecular weight excluding hydrogens is 558 g/mol. The zero-order valence-corrected chi connectivity index (χ0v) is 25.0. The Morgan fingerprint density at radius 1 is 1.14 bits per heavy atom. The molecule has 5 N–H and O–H groups in total. The molecular formula is C30H39N5O8. The lowest BCUT2D eigenvalue weighted by Gasteiger charge is -2.52. The number of nitrogens with one attached hydrogen (secondary N) is 1. The summed E-state index contributed by atoms with van der Waals surface area (Å²) in [6.07, 6.45) is 1.75. The molecule has 2 amide bonds. The number of nitrogens with two attached hydrogens (primary N) is 1. The first-order valence-corrected chi connectivity index (χ1v) is 14.5. The first-order valence-electron chi connectivity index (χ1n) is 14.5. The number of carbonyl (C=O) groups excluding carboxylic acids is 6. The maximum atomic E-state index is 14.1. The van der Waals surface area contributed by atoms with E-state index in [1.54, 1.807) is 39.2 Å². The van der Waals surface area contributed by atoms with Crippen molar-refractivity contribution in [3.8, 4) is 5.75 Å². The Morgan fingerprint density at radius 2 is 1.81 bits per heavy atom. The number of aliphatic hydroxyl groups is 1. The molecule has 13 nitrogen and oxygen atoms in total. The smallest absolute Gasteiger partial charge is 0.237 e. The highest BCUT2D eigenvalue weighted by Crippen LogP contribution is 2.52. The first-order chi connectivity index (χ1) is 20.1. The first kappa shape index (κ1) is 30.8. The predicted octanol–water partition coefficient (Wildman–Crippen LogP) is -1.36. The Balaban J connectivity index is 1.55. The van der Waals surface area contributed by atoms with Crippen LogP contribution in [0.3, 0.4) is 0 Å². The van der Waals surface area contributed by atoms with Gasteiger partial charge in [0.15, 0.2) is 34.7 Å². The van der Waals surface area contributed by atoms with Crippen LogP contribution < -0.4 is 16.0 Å². The zero-order valence-electron chi connectivity index (χ0n) is 25.0. The second-order valence-corrected chi connectivity index (χ2v) is 12.8. The van der Waals surface area contributed by atoms with Gasteiger partial charge in [-0.2, -0.15) is 0 Å². The number of amides is 2. The fourth-order valence-corrected chi connectivity index (χ4v) is 7.78. The number of phenolic OH excluding ortho intramolecular Hbond substituents is 1. The van der Waals surface area contributed by atoms with Gasteiger partial charge in [-0.05, 0) is 70.9 Å². The van der Waals surface area contributed by atoms with Crippen molar-refractivity contribution in [1.82, 2.24) is 15.1 Å². The molecule has 1 aromatic rings. The van der Waals surface area contributed by atoms with Crippen LogP contribution in [-0.2, 0) is 36.9 Å². The summed E-state index contributed by atoms with van der Waals surface area (Å²) in [4.78, 5) is 85.1. The highest BCUT2D eigenvalue weighted by molar-refractivity contribution is 6.32. The third kappa shape index (κ3) is 4.56. The molecule has 0 bridgehead atoms. The summed E-state index contributed by atoms with van der Waals surface area (Å²) in [5, 5.41) is 26.0. The zero-order chi connectivity index (χ0) is 31.7. The number of carbonyl (C=O) groups is 6. The van der Waals surface area contributed by atoms with Crippen molar-refractivity contribution in [3.05, 3.63) is 22.8 Å². The third-order valence-electron chi connectivity index (χ3n) is 9.87. The Kier molecular flexibility index (Phi) is 7.72. The van der Waals surface area contributed by atoms with Gasteiger partial charge in [0.2, 0.25) is 11.8 Å². The van der Waals surface area contributed by atoms with Crippen LogP contribution in [0.15, 0.2) is 6.07 Å². The molecule has 2 saturated carbocycles. The number of likely N-dealkylation sites (tertiary alicyclic amines) is 1. The number of aromatic hydroxyl groups is 1. The largest absolute Gasteiger partial charge is 0.507 e. The van der Waals surface area contributed by atoms with E-state index in [9.17, 15) is 39.0 Å². The Bertz CT molecular complexity index is 1440. The standard InChI is InChI=1S/C30H39N5O8/c1-33(2)18-11-14(12-32-29(42)17-7-6-8-35(17)5)23(36)20-15(18)9-13-10-16-22(34(3)4)25(38)21(28(31)41)27(40)30(16,43)26(39)19(13)24(20)37/h11,13,16-17,19,21-22,36,43H,6-10,12H2,1-5H3,(H2,31,41)(H,32,42)/t13-,16-,17-,19?,21?,22+,30-/m0/s1. The van der Waals surface area contributed by atoms with Crippen molar-refractivity contribution in [2.75, 3.05) is 46.7 Å². The number of hydrogen-bond acceptors (Lipinski definition) is 11. The van der Waals surface area contributed by atoms with E-state index in [0.29, 0.717) is 17.7 Å². The van der Waals surface area contributed by atoms with Gasteiger partial charge in [-0.25, -0.2) is 0 Å². The van der Waals surface area contributed by atoms with Gasteiger partial charge in [0.25, 0.3) is 0 Å². The highest BCUT2D eigenvalue weighted by atomic mass is 16.3. The number of benzene rings is 1. The van der Waals surface area contributed by atoms with Gasteiger partial charge in [-0.1, -0.05) is 0 Å². The van der Waals surface area contributed by atoms with Crippen LogP contribution >= 0.6 is 0 Å². The maximum absolute atomic E-state index is 14.1. The minimum absolute atomic E-state index is 0.0236.